The second-order valence-electron chi connectivity index (χ2n) is 6.72. The SMILES string of the molecule is CN1CCOC2CCN(C(=O)NCCCN3C(=O)CCC3=O)CC21. The van der Waals surface area contributed by atoms with Gasteiger partial charge in [-0.15, -0.1) is 0 Å². The zero-order valence-corrected chi connectivity index (χ0v) is 14.2. The average Bonchev–Trinajstić information content (AvgIpc) is 2.90. The molecule has 3 aliphatic rings. The van der Waals surface area contributed by atoms with Crippen molar-refractivity contribution in [2.24, 2.45) is 0 Å². The van der Waals surface area contributed by atoms with E-state index in [9.17, 15) is 14.4 Å². The third-order valence-electron chi connectivity index (χ3n) is 5.14. The Morgan fingerprint density at radius 1 is 1.25 bits per heavy atom. The number of likely N-dealkylation sites (N-methyl/N-ethyl adjacent to an activating group) is 1. The van der Waals surface area contributed by atoms with Gasteiger partial charge in [-0.1, -0.05) is 0 Å². The van der Waals surface area contributed by atoms with Crippen LogP contribution in [-0.4, -0.2) is 91.1 Å². The molecule has 3 aliphatic heterocycles. The van der Waals surface area contributed by atoms with Gasteiger partial charge in [0.25, 0.3) is 0 Å². The largest absolute Gasteiger partial charge is 0.375 e. The molecular formula is C16H26N4O4. The van der Waals surface area contributed by atoms with E-state index >= 15 is 0 Å². The van der Waals surface area contributed by atoms with E-state index in [1.807, 2.05) is 4.90 Å². The van der Waals surface area contributed by atoms with Crippen LogP contribution in [-0.2, 0) is 14.3 Å². The van der Waals surface area contributed by atoms with Gasteiger partial charge < -0.3 is 15.0 Å². The van der Waals surface area contributed by atoms with Gasteiger partial charge in [0.1, 0.15) is 0 Å². The zero-order chi connectivity index (χ0) is 17.1. The van der Waals surface area contributed by atoms with E-state index < -0.39 is 0 Å². The summed E-state index contributed by atoms with van der Waals surface area (Å²) in [6.07, 6.45) is 2.31. The molecule has 0 aromatic heterocycles. The molecule has 2 atom stereocenters. The lowest BCUT2D eigenvalue weighted by Crippen LogP contribution is -2.60. The maximum absolute atomic E-state index is 12.3. The number of urea groups is 1. The molecule has 1 N–H and O–H groups in total. The second-order valence-corrected chi connectivity index (χ2v) is 6.72. The highest BCUT2D eigenvalue weighted by Gasteiger charge is 2.36. The van der Waals surface area contributed by atoms with Crippen molar-refractivity contribution >= 4 is 17.8 Å². The molecule has 0 bridgehead atoms. The molecule has 0 aromatic rings. The van der Waals surface area contributed by atoms with Crippen molar-refractivity contribution < 1.29 is 19.1 Å². The smallest absolute Gasteiger partial charge is 0.317 e. The molecule has 2 unspecified atom stereocenters. The number of fused-ring (bicyclic) bond motifs is 1. The van der Waals surface area contributed by atoms with Gasteiger partial charge in [-0.2, -0.15) is 0 Å². The van der Waals surface area contributed by atoms with Gasteiger partial charge in [0.2, 0.25) is 11.8 Å². The monoisotopic (exact) mass is 338 g/mol. The predicted molar refractivity (Wildman–Crippen MR) is 86.3 cm³/mol. The van der Waals surface area contributed by atoms with Crippen molar-refractivity contribution in [1.29, 1.82) is 0 Å². The van der Waals surface area contributed by atoms with Crippen LogP contribution in [0.3, 0.4) is 0 Å². The van der Waals surface area contributed by atoms with Crippen LogP contribution in [0.25, 0.3) is 0 Å². The average molecular weight is 338 g/mol. The minimum Gasteiger partial charge on any atom is -0.375 e. The molecule has 8 heteroatoms. The van der Waals surface area contributed by atoms with E-state index in [-0.39, 0.29) is 30.0 Å². The van der Waals surface area contributed by atoms with Crippen molar-refractivity contribution in [3.8, 4) is 0 Å². The fraction of sp³-hybridized carbons (Fsp3) is 0.812. The van der Waals surface area contributed by atoms with E-state index in [1.165, 1.54) is 4.90 Å². The number of imide groups is 1. The topological polar surface area (TPSA) is 82.2 Å². The molecule has 0 spiro atoms. The molecule has 3 fully saturated rings. The third kappa shape index (κ3) is 3.70. The standard InChI is InChI=1S/C16H26N4O4/c1-18-9-10-24-13-5-8-19(11-12(13)18)16(23)17-6-2-7-20-14(21)3-4-15(20)22/h12-13H,2-11H2,1H3,(H,17,23). The van der Waals surface area contributed by atoms with Crippen molar-refractivity contribution in [2.45, 2.75) is 37.8 Å². The first-order chi connectivity index (χ1) is 11.6. The van der Waals surface area contributed by atoms with Gasteiger partial charge in [0.15, 0.2) is 0 Å². The number of nitrogens with one attached hydrogen (secondary N) is 1. The van der Waals surface area contributed by atoms with Gasteiger partial charge in [-0.3, -0.25) is 19.4 Å². The van der Waals surface area contributed by atoms with Gasteiger partial charge in [-0.05, 0) is 19.9 Å². The van der Waals surface area contributed by atoms with E-state index in [2.05, 4.69) is 17.3 Å². The fourth-order valence-electron chi connectivity index (χ4n) is 3.64. The third-order valence-corrected chi connectivity index (χ3v) is 5.14. The predicted octanol–water partition coefficient (Wildman–Crippen LogP) is -0.360. The van der Waals surface area contributed by atoms with E-state index in [4.69, 9.17) is 4.74 Å². The van der Waals surface area contributed by atoms with Crippen LogP contribution in [0, 0.1) is 0 Å². The Bertz CT molecular complexity index is 496. The number of nitrogens with zero attached hydrogens (tertiary/aromatic N) is 3. The number of rotatable bonds is 4. The summed E-state index contributed by atoms with van der Waals surface area (Å²) in [5.41, 5.74) is 0. The van der Waals surface area contributed by atoms with E-state index in [0.717, 1.165) is 19.6 Å². The number of carbonyl (C=O) groups excluding carboxylic acids is 3. The van der Waals surface area contributed by atoms with Crippen molar-refractivity contribution in [3.63, 3.8) is 0 Å². The van der Waals surface area contributed by atoms with Crippen LogP contribution < -0.4 is 5.32 Å². The molecule has 0 saturated carbocycles. The normalized spacial score (nSPS) is 28.2. The molecule has 134 valence electrons. The molecule has 3 heterocycles. The summed E-state index contributed by atoms with van der Waals surface area (Å²) in [5.74, 6) is -0.206. The van der Waals surface area contributed by atoms with Crippen molar-refractivity contribution in [2.75, 3.05) is 46.4 Å². The first-order valence-electron chi connectivity index (χ1n) is 8.74. The Balaban J connectivity index is 1.39. The van der Waals surface area contributed by atoms with Crippen LogP contribution in [0.4, 0.5) is 4.79 Å². The number of amides is 4. The summed E-state index contributed by atoms with van der Waals surface area (Å²) in [6.45, 7) is 3.89. The number of ether oxygens (including phenoxy) is 1. The van der Waals surface area contributed by atoms with Gasteiger partial charge in [-0.25, -0.2) is 4.79 Å². The number of piperidine rings is 1. The molecular weight excluding hydrogens is 312 g/mol. The summed E-state index contributed by atoms with van der Waals surface area (Å²) in [4.78, 5) is 40.7. The number of hydrogen-bond donors (Lipinski definition) is 1. The highest BCUT2D eigenvalue weighted by atomic mass is 16.5. The van der Waals surface area contributed by atoms with Crippen LogP contribution in [0.15, 0.2) is 0 Å². The van der Waals surface area contributed by atoms with Gasteiger partial charge >= 0.3 is 6.03 Å². The van der Waals surface area contributed by atoms with Crippen molar-refractivity contribution in [1.82, 2.24) is 20.0 Å². The molecule has 3 rings (SSSR count). The van der Waals surface area contributed by atoms with Crippen LogP contribution in [0.2, 0.25) is 0 Å². The maximum atomic E-state index is 12.3. The second kappa shape index (κ2) is 7.48. The summed E-state index contributed by atoms with van der Waals surface area (Å²) >= 11 is 0. The molecule has 4 amide bonds. The summed E-state index contributed by atoms with van der Waals surface area (Å²) in [6, 6.07) is 0.185. The molecule has 24 heavy (non-hydrogen) atoms. The van der Waals surface area contributed by atoms with Crippen LogP contribution >= 0.6 is 0 Å². The van der Waals surface area contributed by atoms with Gasteiger partial charge in [0.05, 0.1) is 18.8 Å². The number of morpholine rings is 1. The molecule has 0 aliphatic carbocycles. The highest BCUT2D eigenvalue weighted by Crippen LogP contribution is 2.21. The molecule has 8 nitrogen and oxygen atoms in total. The highest BCUT2D eigenvalue weighted by molar-refractivity contribution is 6.01. The Morgan fingerprint density at radius 3 is 2.75 bits per heavy atom. The Morgan fingerprint density at radius 2 is 2.00 bits per heavy atom. The van der Waals surface area contributed by atoms with E-state index in [0.29, 0.717) is 45.4 Å². The number of likely N-dealkylation sites (tertiary alicyclic amines) is 2. The Labute approximate surface area is 142 Å². The molecule has 3 saturated heterocycles. The molecule has 0 aromatic carbocycles. The quantitative estimate of drug-likeness (QED) is 0.559. The van der Waals surface area contributed by atoms with Crippen LogP contribution in [0.1, 0.15) is 25.7 Å². The first kappa shape index (κ1) is 17.2. The lowest BCUT2D eigenvalue weighted by atomic mass is 9.99. The first-order valence-corrected chi connectivity index (χ1v) is 8.74. The summed E-state index contributed by atoms with van der Waals surface area (Å²) in [7, 11) is 2.08. The fourth-order valence-corrected chi connectivity index (χ4v) is 3.64. The Hall–Kier alpha value is -1.67. The molecule has 0 radical (unpaired) electrons. The minimum absolute atomic E-state index is 0.0773. The maximum Gasteiger partial charge on any atom is 0.317 e. The van der Waals surface area contributed by atoms with E-state index in [1.54, 1.807) is 0 Å². The lowest BCUT2D eigenvalue weighted by Gasteiger charge is -2.45. The van der Waals surface area contributed by atoms with Gasteiger partial charge in [0, 0.05) is 45.6 Å². The number of hydrogen-bond acceptors (Lipinski definition) is 5. The van der Waals surface area contributed by atoms with Crippen LogP contribution in [0.5, 0.6) is 0 Å². The summed E-state index contributed by atoms with van der Waals surface area (Å²) in [5, 5.41) is 2.89. The zero-order valence-electron chi connectivity index (χ0n) is 14.2. The lowest BCUT2D eigenvalue weighted by molar-refractivity contribution is -0.138. The summed E-state index contributed by atoms with van der Waals surface area (Å²) < 4.78 is 5.79. The number of carbonyl (C=O) groups is 3. The minimum atomic E-state index is -0.103. The Kier molecular flexibility index (Phi) is 5.35. The van der Waals surface area contributed by atoms with Crippen molar-refractivity contribution in [3.05, 3.63) is 0 Å².